The van der Waals surface area contributed by atoms with Gasteiger partial charge in [0.2, 0.25) is 10.0 Å². The first-order valence-electron chi connectivity index (χ1n) is 8.08. The van der Waals surface area contributed by atoms with E-state index in [1.807, 2.05) is 24.3 Å². The van der Waals surface area contributed by atoms with Crippen LogP contribution in [0.1, 0.15) is 15.9 Å². The standard InChI is InChI=1S/C18H19FN2O4S/c1-26(23,24)21-16-7-6-14(19)9-15(16)18(22)20-10-12-8-13-4-2-3-5-17(13)25-11-12/h2-7,9,12,21H,8,10-11H2,1H3,(H,20,22). The third-order valence-corrected chi connectivity index (χ3v) is 4.62. The molecule has 1 aliphatic rings. The third-order valence-electron chi connectivity index (χ3n) is 4.03. The van der Waals surface area contributed by atoms with Gasteiger partial charge in [-0.2, -0.15) is 0 Å². The molecule has 6 nitrogen and oxygen atoms in total. The number of rotatable bonds is 5. The molecule has 0 saturated carbocycles. The van der Waals surface area contributed by atoms with E-state index >= 15 is 0 Å². The lowest BCUT2D eigenvalue weighted by Gasteiger charge is -2.25. The molecule has 0 spiro atoms. The second kappa shape index (κ2) is 7.33. The van der Waals surface area contributed by atoms with Crippen LogP contribution in [-0.4, -0.2) is 33.7 Å². The van der Waals surface area contributed by atoms with E-state index in [-0.39, 0.29) is 17.2 Å². The summed E-state index contributed by atoms with van der Waals surface area (Å²) >= 11 is 0. The van der Waals surface area contributed by atoms with Crippen LogP contribution in [0.5, 0.6) is 5.75 Å². The van der Waals surface area contributed by atoms with Gasteiger partial charge in [-0.1, -0.05) is 18.2 Å². The Kier molecular flexibility index (Phi) is 5.13. The first kappa shape index (κ1) is 18.2. The molecule has 138 valence electrons. The van der Waals surface area contributed by atoms with Crippen molar-refractivity contribution in [3.63, 3.8) is 0 Å². The van der Waals surface area contributed by atoms with Crippen molar-refractivity contribution in [1.82, 2.24) is 5.32 Å². The molecule has 26 heavy (non-hydrogen) atoms. The summed E-state index contributed by atoms with van der Waals surface area (Å²) in [5.74, 6) is -0.243. The molecule has 2 aromatic carbocycles. The van der Waals surface area contributed by atoms with Crippen LogP contribution >= 0.6 is 0 Å². The van der Waals surface area contributed by atoms with Crippen molar-refractivity contribution >= 4 is 21.6 Å². The number of hydrogen-bond donors (Lipinski definition) is 2. The molecule has 2 N–H and O–H groups in total. The number of amides is 1. The van der Waals surface area contributed by atoms with E-state index in [0.717, 1.165) is 36.1 Å². The summed E-state index contributed by atoms with van der Waals surface area (Å²) in [5, 5.41) is 2.73. The highest BCUT2D eigenvalue weighted by Crippen LogP contribution is 2.26. The SMILES string of the molecule is CS(=O)(=O)Nc1ccc(F)cc1C(=O)NCC1COc2ccccc2C1. The smallest absolute Gasteiger partial charge is 0.253 e. The fourth-order valence-corrected chi connectivity index (χ4v) is 3.42. The number of nitrogens with one attached hydrogen (secondary N) is 2. The van der Waals surface area contributed by atoms with E-state index in [9.17, 15) is 17.6 Å². The summed E-state index contributed by atoms with van der Waals surface area (Å²) in [6.07, 6.45) is 1.73. The predicted octanol–water partition coefficient (Wildman–Crippen LogP) is 2.18. The van der Waals surface area contributed by atoms with Crippen LogP contribution in [-0.2, 0) is 16.4 Å². The quantitative estimate of drug-likeness (QED) is 0.835. The molecule has 3 rings (SSSR count). The van der Waals surface area contributed by atoms with Gasteiger partial charge in [0.15, 0.2) is 0 Å². The first-order chi connectivity index (χ1) is 12.3. The van der Waals surface area contributed by atoms with Crippen molar-refractivity contribution in [2.24, 2.45) is 5.92 Å². The van der Waals surface area contributed by atoms with Crippen molar-refractivity contribution in [3.8, 4) is 5.75 Å². The number of fused-ring (bicyclic) bond motifs is 1. The van der Waals surface area contributed by atoms with Gasteiger partial charge in [-0.3, -0.25) is 9.52 Å². The Bertz CT molecular complexity index is 931. The van der Waals surface area contributed by atoms with Crippen LogP contribution in [0, 0.1) is 11.7 Å². The highest BCUT2D eigenvalue weighted by Gasteiger charge is 2.21. The zero-order valence-corrected chi connectivity index (χ0v) is 15.0. The van der Waals surface area contributed by atoms with Gasteiger partial charge in [-0.25, -0.2) is 12.8 Å². The molecule has 1 unspecified atom stereocenters. The second-order valence-electron chi connectivity index (χ2n) is 6.26. The van der Waals surface area contributed by atoms with Crippen molar-refractivity contribution in [1.29, 1.82) is 0 Å². The Morgan fingerprint density at radius 3 is 2.81 bits per heavy atom. The topological polar surface area (TPSA) is 84.5 Å². The highest BCUT2D eigenvalue weighted by atomic mass is 32.2. The van der Waals surface area contributed by atoms with E-state index in [1.54, 1.807) is 0 Å². The minimum Gasteiger partial charge on any atom is -0.493 e. The summed E-state index contributed by atoms with van der Waals surface area (Å²) in [5.41, 5.74) is 1.05. The molecular weight excluding hydrogens is 359 g/mol. The second-order valence-corrected chi connectivity index (χ2v) is 8.01. The summed E-state index contributed by atoms with van der Waals surface area (Å²) < 4.78 is 44.3. The molecule has 0 radical (unpaired) electrons. The van der Waals surface area contributed by atoms with Crippen molar-refractivity contribution in [3.05, 3.63) is 59.4 Å². The lowest BCUT2D eigenvalue weighted by molar-refractivity contribution is 0.0939. The minimum absolute atomic E-state index is 0.0386. The van der Waals surface area contributed by atoms with Crippen LogP contribution in [0.2, 0.25) is 0 Å². The fourth-order valence-electron chi connectivity index (χ4n) is 2.85. The molecular formula is C18H19FN2O4S. The van der Waals surface area contributed by atoms with Crippen LogP contribution < -0.4 is 14.8 Å². The molecule has 0 saturated heterocycles. The number of carbonyl (C=O) groups is 1. The number of sulfonamides is 1. The predicted molar refractivity (Wildman–Crippen MR) is 96.3 cm³/mol. The maximum atomic E-state index is 13.5. The zero-order valence-electron chi connectivity index (χ0n) is 14.2. The zero-order chi connectivity index (χ0) is 18.7. The maximum Gasteiger partial charge on any atom is 0.253 e. The van der Waals surface area contributed by atoms with E-state index in [4.69, 9.17) is 4.74 Å². The average molecular weight is 378 g/mol. The van der Waals surface area contributed by atoms with Crippen molar-refractivity contribution in [2.75, 3.05) is 24.1 Å². The number of halogens is 1. The Morgan fingerprint density at radius 1 is 1.27 bits per heavy atom. The largest absolute Gasteiger partial charge is 0.493 e. The third kappa shape index (κ3) is 4.51. The molecule has 8 heteroatoms. The fraction of sp³-hybridized carbons (Fsp3) is 0.278. The van der Waals surface area contributed by atoms with Gasteiger partial charge in [-0.15, -0.1) is 0 Å². The van der Waals surface area contributed by atoms with Crippen LogP contribution in [0.25, 0.3) is 0 Å². The number of para-hydroxylation sites is 1. The lowest BCUT2D eigenvalue weighted by Crippen LogP contribution is -2.35. The number of hydrogen-bond acceptors (Lipinski definition) is 4. The van der Waals surface area contributed by atoms with E-state index in [0.29, 0.717) is 13.2 Å². The van der Waals surface area contributed by atoms with Gasteiger partial charge in [0.05, 0.1) is 24.1 Å². The molecule has 0 fully saturated rings. The van der Waals surface area contributed by atoms with Crippen LogP contribution in [0.3, 0.4) is 0 Å². The number of carbonyl (C=O) groups excluding carboxylic acids is 1. The van der Waals surface area contributed by atoms with Gasteiger partial charge >= 0.3 is 0 Å². The van der Waals surface area contributed by atoms with E-state index < -0.39 is 21.7 Å². The molecule has 1 heterocycles. The summed E-state index contributed by atoms with van der Waals surface area (Å²) in [7, 11) is -3.59. The molecule has 0 aromatic heterocycles. The van der Waals surface area contributed by atoms with Gasteiger partial charge in [0.1, 0.15) is 11.6 Å². The Labute approximate surface area is 151 Å². The van der Waals surface area contributed by atoms with Crippen LogP contribution in [0.4, 0.5) is 10.1 Å². The molecule has 0 bridgehead atoms. The molecule has 0 aliphatic carbocycles. The normalized spacial score (nSPS) is 16.3. The minimum atomic E-state index is -3.59. The molecule has 2 aromatic rings. The van der Waals surface area contributed by atoms with E-state index in [2.05, 4.69) is 10.0 Å². The Balaban J connectivity index is 1.68. The molecule has 1 aliphatic heterocycles. The highest BCUT2D eigenvalue weighted by molar-refractivity contribution is 7.92. The Morgan fingerprint density at radius 2 is 2.04 bits per heavy atom. The lowest BCUT2D eigenvalue weighted by atomic mass is 9.96. The molecule has 1 atom stereocenters. The number of benzene rings is 2. The van der Waals surface area contributed by atoms with Crippen molar-refractivity contribution in [2.45, 2.75) is 6.42 Å². The van der Waals surface area contributed by atoms with Gasteiger partial charge < -0.3 is 10.1 Å². The van der Waals surface area contributed by atoms with Gasteiger partial charge in [0.25, 0.3) is 5.91 Å². The maximum absolute atomic E-state index is 13.5. The average Bonchev–Trinajstić information content (AvgIpc) is 2.60. The van der Waals surface area contributed by atoms with Crippen LogP contribution in [0.15, 0.2) is 42.5 Å². The van der Waals surface area contributed by atoms with Crippen molar-refractivity contribution < 1.29 is 22.3 Å². The first-order valence-corrected chi connectivity index (χ1v) is 9.97. The summed E-state index contributed by atoms with van der Waals surface area (Å²) in [4.78, 5) is 12.4. The number of anilines is 1. The van der Waals surface area contributed by atoms with E-state index in [1.165, 1.54) is 6.07 Å². The van der Waals surface area contributed by atoms with Gasteiger partial charge in [0, 0.05) is 12.5 Å². The number of ether oxygens (including phenoxy) is 1. The molecule has 1 amide bonds. The monoisotopic (exact) mass is 378 g/mol. The van der Waals surface area contributed by atoms with Gasteiger partial charge in [-0.05, 0) is 36.2 Å². The summed E-state index contributed by atoms with van der Waals surface area (Å²) in [6, 6.07) is 11.0. The summed E-state index contributed by atoms with van der Waals surface area (Å²) in [6.45, 7) is 0.802. The Hall–Kier alpha value is -2.61.